The van der Waals surface area contributed by atoms with Crippen molar-refractivity contribution in [1.82, 2.24) is 4.98 Å². The zero-order valence-electron chi connectivity index (χ0n) is 15.9. The summed E-state index contributed by atoms with van der Waals surface area (Å²) in [6.45, 7) is 0.137. The summed E-state index contributed by atoms with van der Waals surface area (Å²) < 4.78 is 47.1. The van der Waals surface area contributed by atoms with Gasteiger partial charge in [0, 0.05) is 10.4 Å². The van der Waals surface area contributed by atoms with E-state index in [-0.39, 0.29) is 28.0 Å². The number of benzene rings is 1. The Bertz CT molecular complexity index is 1100. The lowest BCUT2D eigenvalue weighted by atomic mass is 10.2. The number of carbonyl (C=O) groups is 2. The van der Waals surface area contributed by atoms with Gasteiger partial charge in [-0.3, -0.25) is 14.9 Å². The first-order valence-corrected chi connectivity index (χ1v) is 9.95. The molecule has 0 bridgehead atoms. The number of nitrogens with zero attached hydrogens (tertiary/aromatic N) is 1. The number of amides is 2. The maximum absolute atomic E-state index is 12.4. The molecule has 3 aromatic rings. The molecule has 0 unspecified atom stereocenters. The maximum atomic E-state index is 12.4. The number of thiazole rings is 1. The van der Waals surface area contributed by atoms with Gasteiger partial charge in [-0.25, -0.2) is 4.98 Å². The van der Waals surface area contributed by atoms with Crippen LogP contribution in [-0.4, -0.2) is 29.6 Å². The van der Waals surface area contributed by atoms with Crippen molar-refractivity contribution < 1.29 is 31.9 Å². The lowest BCUT2D eigenvalue weighted by Crippen LogP contribution is -2.21. The quantitative estimate of drug-likeness (QED) is 0.499. The number of aromatic nitrogens is 1. The van der Waals surface area contributed by atoms with Gasteiger partial charge < -0.3 is 14.5 Å². The van der Waals surface area contributed by atoms with Gasteiger partial charge in [-0.2, -0.15) is 13.2 Å². The number of rotatable bonds is 7. The van der Waals surface area contributed by atoms with Crippen molar-refractivity contribution in [2.45, 2.75) is 19.5 Å². The largest absolute Gasteiger partial charge is 0.482 e. The van der Waals surface area contributed by atoms with Crippen molar-refractivity contribution in [2.75, 3.05) is 17.2 Å². The average Bonchev–Trinajstić information content (AvgIpc) is 3.29. The van der Waals surface area contributed by atoms with Crippen molar-refractivity contribution >= 4 is 45.6 Å². The molecule has 3 rings (SSSR count). The van der Waals surface area contributed by atoms with Crippen LogP contribution in [0.5, 0.6) is 5.75 Å². The van der Waals surface area contributed by atoms with Crippen molar-refractivity contribution in [3.8, 4) is 5.75 Å². The molecule has 164 valence electrons. The van der Waals surface area contributed by atoms with Crippen LogP contribution in [0.15, 0.2) is 40.3 Å². The Labute approximate surface area is 183 Å². The highest BCUT2D eigenvalue weighted by atomic mass is 35.5. The number of nitrogens with one attached hydrogen (secondary N) is 2. The molecule has 0 spiro atoms. The predicted octanol–water partition coefficient (Wildman–Crippen LogP) is 5.07. The SMILES string of the molecule is Cc1occc1C(=O)Nc1nc(CC(=O)Nc2cc(Cl)ccc2OCC(F)(F)F)cs1. The predicted molar refractivity (Wildman–Crippen MR) is 109 cm³/mol. The van der Waals surface area contributed by atoms with E-state index in [1.807, 2.05) is 0 Å². The first-order chi connectivity index (χ1) is 14.6. The number of carbonyl (C=O) groups excluding carboxylic acids is 2. The summed E-state index contributed by atoms with van der Waals surface area (Å²) in [5.74, 6) is -0.662. The zero-order chi connectivity index (χ0) is 22.6. The highest BCUT2D eigenvalue weighted by molar-refractivity contribution is 7.14. The molecule has 0 radical (unpaired) electrons. The third-order valence-electron chi connectivity index (χ3n) is 3.82. The van der Waals surface area contributed by atoms with Crippen molar-refractivity contribution in [3.05, 3.63) is 57.9 Å². The summed E-state index contributed by atoms with van der Waals surface area (Å²) in [4.78, 5) is 28.7. The highest BCUT2D eigenvalue weighted by Crippen LogP contribution is 2.30. The van der Waals surface area contributed by atoms with E-state index < -0.39 is 24.6 Å². The molecule has 2 N–H and O–H groups in total. The molecule has 0 saturated carbocycles. The fourth-order valence-electron chi connectivity index (χ4n) is 2.47. The van der Waals surface area contributed by atoms with E-state index in [0.717, 1.165) is 11.3 Å². The van der Waals surface area contributed by atoms with Crippen LogP contribution >= 0.6 is 22.9 Å². The first-order valence-electron chi connectivity index (χ1n) is 8.69. The van der Waals surface area contributed by atoms with Gasteiger partial charge in [-0.15, -0.1) is 11.3 Å². The zero-order valence-corrected chi connectivity index (χ0v) is 17.5. The molecule has 31 heavy (non-hydrogen) atoms. The van der Waals surface area contributed by atoms with Gasteiger partial charge in [0.25, 0.3) is 5.91 Å². The summed E-state index contributed by atoms with van der Waals surface area (Å²) in [6, 6.07) is 5.39. The fourth-order valence-corrected chi connectivity index (χ4v) is 3.35. The molecule has 2 heterocycles. The van der Waals surface area contributed by atoms with Crippen LogP contribution in [0.4, 0.5) is 24.0 Å². The van der Waals surface area contributed by atoms with Crippen LogP contribution in [0.25, 0.3) is 0 Å². The van der Waals surface area contributed by atoms with E-state index in [4.69, 9.17) is 20.8 Å². The van der Waals surface area contributed by atoms with Gasteiger partial charge >= 0.3 is 6.18 Å². The number of halogens is 4. The highest BCUT2D eigenvalue weighted by Gasteiger charge is 2.29. The Morgan fingerprint density at radius 1 is 1.26 bits per heavy atom. The Kier molecular flexibility index (Phi) is 6.86. The maximum Gasteiger partial charge on any atom is 0.422 e. The van der Waals surface area contributed by atoms with Crippen molar-refractivity contribution in [3.63, 3.8) is 0 Å². The molecule has 0 saturated heterocycles. The van der Waals surface area contributed by atoms with Gasteiger partial charge in [-0.05, 0) is 31.2 Å². The van der Waals surface area contributed by atoms with Gasteiger partial charge in [0.15, 0.2) is 11.7 Å². The molecular formula is C19H15ClF3N3O4S. The minimum atomic E-state index is -4.53. The Morgan fingerprint density at radius 2 is 2.03 bits per heavy atom. The first kappa shape index (κ1) is 22.6. The smallest absolute Gasteiger partial charge is 0.422 e. The number of hydrogen-bond acceptors (Lipinski definition) is 6. The molecule has 0 aliphatic rings. The number of furan rings is 1. The molecule has 1 aromatic carbocycles. The van der Waals surface area contributed by atoms with Crippen LogP contribution in [-0.2, 0) is 11.2 Å². The van der Waals surface area contributed by atoms with E-state index in [1.54, 1.807) is 12.3 Å². The summed E-state index contributed by atoms with van der Waals surface area (Å²) in [5, 5.41) is 7.15. The number of hydrogen-bond donors (Lipinski definition) is 2. The molecule has 0 aliphatic heterocycles. The number of aryl methyl sites for hydroxylation is 1. The molecule has 0 atom stereocenters. The molecular weight excluding hydrogens is 459 g/mol. The number of alkyl halides is 3. The molecule has 0 fully saturated rings. The van der Waals surface area contributed by atoms with Gasteiger partial charge in [0.1, 0.15) is 11.5 Å². The Hall–Kier alpha value is -3.05. The van der Waals surface area contributed by atoms with Crippen LogP contribution in [0.2, 0.25) is 5.02 Å². The number of ether oxygens (including phenoxy) is 1. The van der Waals surface area contributed by atoms with E-state index >= 15 is 0 Å². The third kappa shape index (κ3) is 6.46. The van der Waals surface area contributed by atoms with Crippen molar-refractivity contribution in [2.24, 2.45) is 0 Å². The summed E-state index contributed by atoms with van der Waals surface area (Å²) in [5.41, 5.74) is 0.726. The Balaban J connectivity index is 1.62. The van der Waals surface area contributed by atoms with Gasteiger partial charge in [-0.1, -0.05) is 11.6 Å². The molecule has 12 heteroatoms. The van der Waals surface area contributed by atoms with E-state index in [2.05, 4.69) is 15.6 Å². The monoisotopic (exact) mass is 473 g/mol. The summed E-state index contributed by atoms with van der Waals surface area (Å²) in [7, 11) is 0. The van der Waals surface area contributed by atoms with Crippen LogP contribution < -0.4 is 15.4 Å². The van der Waals surface area contributed by atoms with Crippen LogP contribution in [0.3, 0.4) is 0 Å². The van der Waals surface area contributed by atoms with Crippen molar-refractivity contribution in [1.29, 1.82) is 0 Å². The second kappa shape index (κ2) is 9.40. The number of anilines is 2. The summed E-state index contributed by atoms with van der Waals surface area (Å²) in [6.07, 6.45) is -3.32. The molecule has 0 aliphatic carbocycles. The third-order valence-corrected chi connectivity index (χ3v) is 4.87. The van der Waals surface area contributed by atoms with Crippen LogP contribution in [0.1, 0.15) is 21.8 Å². The van der Waals surface area contributed by atoms with Gasteiger partial charge in [0.05, 0.1) is 29.6 Å². The van der Waals surface area contributed by atoms with Gasteiger partial charge in [0.2, 0.25) is 5.91 Å². The topological polar surface area (TPSA) is 93.5 Å². The molecule has 2 aromatic heterocycles. The Morgan fingerprint density at radius 3 is 2.71 bits per heavy atom. The minimum Gasteiger partial charge on any atom is -0.482 e. The molecule has 2 amide bonds. The fraction of sp³-hybridized carbons (Fsp3) is 0.211. The standard InChI is InChI=1S/C19H15ClF3N3O4S/c1-10-13(4-5-29-10)17(28)26-18-24-12(8-31-18)7-16(27)25-14-6-11(20)2-3-15(14)30-9-19(21,22)23/h2-6,8H,7,9H2,1H3,(H,25,27)(H,24,26,28). The lowest BCUT2D eigenvalue weighted by Gasteiger charge is -2.14. The van der Waals surface area contributed by atoms with E-state index in [0.29, 0.717) is 17.0 Å². The minimum absolute atomic E-state index is 0.000869. The van der Waals surface area contributed by atoms with E-state index in [1.165, 1.54) is 30.5 Å². The normalized spacial score (nSPS) is 11.3. The lowest BCUT2D eigenvalue weighted by molar-refractivity contribution is -0.153. The molecule has 7 nitrogen and oxygen atoms in total. The second-order valence-electron chi connectivity index (χ2n) is 6.26. The summed E-state index contributed by atoms with van der Waals surface area (Å²) >= 11 is 6.99. The van der Waals surface area contributed by atoms with E-state index in [9.17, 15) is 22.8 Å². The second-order valence-corrected chi connectivity index (χ2v) is 7.55. The van der Waals surface area contributed by atoms with Crippen LogP contribution in [0, 0.1) is 6.92 Å². The average molecular weight is 474 g/mol.